The lowest BCUT2D eigenvalue weighted by molar-refractivity contribution is -0.137. The fourth-order valence-corrected chi connectivity index (χ4v) is 2.90. The molecule has 0 aliphatic heterocycles. The van der Waals surface area contributed by atoms with Gasteiger partial charge in [-0.1, -0.05) is 18.2 Å². The molecule has 24 heavy (non-hydrogen) atoms. The summed E-state index contributed by atoms with van der Waals surface area (Å²) >= 11 is 3.22. The summed E-state index contributed by atoms with van der Waals surface area (Å²) in [5.41, 5.74) is -0.762. The summed E-state index contributed by atoms with van der Waals surface area (Å²) in [4.78, 5) is 15.5. The van der Waals surface area contributed by atoms with Gasteiger partial charge in [0, 0.05) is 5.56 Å². The minimum atomic E-state index is -4.56. The van der Waals surface area contributed by atoms with Crippen molar-refractivity contribution >= 4 is 27.5 Å². The van der Waals surface area contributed by atoms with Gasteiger partial charge >= 0.3 is 12.1 Å². The van der Waals surface area contributed by atoms with Crippen LogP contribution >= 0.6 is 15.9 Å². The minimum absolute atomic E-state index is 0.0119. The molecule has 1 N–H and O–H groups in total. The molecule has 3 aromatic rings. The van der Waals surface area contributed by atoms with Gasteiger partial charge in [-0.15, -0.1) is 0 Å². The van der Waals surface area contributed by atoms with Crippen molar-refractivity contribution in [3.8, 4) is 11.3 Å². The van der Waals surface area contributed by atoms with E-state index in [0.29, 0.717) is 4.47 Å². The standard InChI is InChI=1S/C15H9BrF3N3O2/c1-7-12(14(23)24)22-13(20-7)10(16)6-11(21-22)8-4-2-3-5-9(8)15(17,18)19/h2-6H,1H3,(H,23,24). The third-order valence-electron chi connectivity index (χ3n) is 3.42. The number of aromatic carboxylic acids is 1. The van der Waals surface area contributed by atoms with Crippen LogP contribution in [0.3, 0.4) is 0 Å². The lowest BCUT2D eigenvalue weighted by atomic mass is 10.0. The Bertz CT molecular complexity index is 966. The molecule has 3 rings (SSSR count). The monoisotopic (exact) mass is 399 g/mol. The average molecular weight is 400 g/mol. The number of imidazole rings is 1. The maximum absolute atomic E-state index is 13.2. The first-order chi connectivity index (χ1) is 11.2. The third kappa shape index (κ3) is 2.64. The molecule has 2 aromatic heterocycles. The number of nitrogens with zero attached hydrogens (tertiary/aromatic N) is 3. The van der Waals surface area contributed by atoms with E-state index in [-0.39, 0.29) is 28.3 Å². The number of rotatable bonds is 2. The molecule has 0 saturated heterocycles. The number of hydrogen-bond donors (Lipinski definition) is 1. The maximum atomic E-state index is 13.2. The Hall–Kier alpha value is -2.42. The van der Waals surface area contributed by atoms with E-state index in [9.17, 15) is 23.1 Å². The number of aromatic nitrogens is 3. The molecule has 0 atom stereocenters. The maximum Gasteiger partial charge on any atom is 0.417 e. The first-order valence-electron chi connectivity index (χ1n) is 6.66. The average Bonchev–Trinajstić information content (AvgIpc) is 2.83. The quantitative estimate of drug-likeness (QED) is 0.701. The van der Waals surface area contributed by atoms with Crippen LogP contribution in [0.2, 0.25) is 0 Å². The molecule has 5 nitrogen and oxygen atoms in total. The van der Waals surface area contributed by atoms with Crippen molar-refractivity contribution in [3.63, 3.8) is 0 Å². The molecule has 0 radical (unpaired) electrons. The van der Waals surface area contributed by atoms with Gasteiger partial charge < -0.3 is 5.11 Å². The highest BCUT2D eigenvalue weighted by molar-refractivity contribution is 9.10. The Labute approximate surface area is 141 Å². The molecule has 124 valence electrons. The summed E-state index contributed by atoms with van der Waals surface area (Å²) in [6.07, 6.45) is -4.56. The van der Waals surface area contributed by atoms with Crippen molar-refractivity contribution in [1.29, 1.82) is 0 Å². The van der Waals surface area contributed by atoms with Crippen molar-refractivity contribution in [2.75, 3.05) is 0 Å². The molecule has 0 saturated carbocycles. The van der Waals surface area contributed by atoms with Crippen LogP contribution in [0.1, 0.15) is 21.7 Å². The Balaban J connectivity index is 2.34. The fraction of sp³-hybridized carbons (Fsp3) is 0.133. The van der Waals surface area contributed by atoms with E-state index >= 15 is 0 Å². The number of alkyl halides is 3. The second kappa shape index (κ2) is 5.59. The van der Waals surface area contributed by atoms with E-state index in [4.69, 9.17) is 0 Å². The largest absolute Gasteiger partial charge is 0.476 e. The molecule has 0 amide bonds. The predicted molar refractivity (Wildman–Crippen MR) is 82.8 cm³/mol. The van der Waals surface area contributed by atoms with Gasteiger partial charge in [-0.3, -0.25) is 0 Å². The van der Waals surface area contributed by atoms with Gasteiger partial charge in [0.15, 0.2) is 11.3 Å². The van der Waals surface area contributed by atoms with Gasteiger partial charge in [0.1, 0.15) is 0 Å². The molecule has 2 heterocycles. The van der Waals surface area contributed by atoms with Crippen LogP contribution in [0.15, 0.2) is 34.8 Å². The molecule has 0 unspecified atom stereocenters. The fourth-order valence-electron chi connectivity index (χ4n) is 2.42. The van der Waals surface area contributed by atoms with Gasteiger partial charge in [0.05, 0.1) is 21.4 Å². The smallest absolute Gasteiger partial charge is 0.417 e. The van der Waals surface area contributed by atoms with Gasteiger partial charge in [0.25, 0.3) is 0 Å². The normalized spacial score (nSPS) is 11.9. The second-order valence-electron chi connectivity index (χ2n) is 5.01. The van der Waals surface area contributed by atoms with Crippen LogP contribution in [0.25, 0.3) is 16.9 Å². The first-order valence-corrected chi connectivity index (χ1v) is 7.45. The molecule has 0 aliphatic carbocycles. The van der Waals surface area contributed by atoms with Gasteiger partial charge in [-0.2, -0.15) is 18.3 Å². The van der Waals surface area contributed by atoms with E-state index in [1.807, 2.05) is 0 Å². The number of aryl methyl sites for hydroxylation is 1. The molecule has 0 bridgehead atoms. The van der Waals surface area contributed by atoms with Crippen molar-refractivity contribution in [2.45, 2.75) is 13.1 Å². The third-order valence-corrected chi connectivity index (χ3v) is 4.01. The Morgan fingerprint density at radius 1 is 1.29 bits per heavy atom. The first kappa shape index (κ1) is 16.4. The molecule has 0 spiro atoms. The highest BCUT2D eigenvalue weighted by Gasteiger charge is 2.34. The SMILES string of the molecule is Cc1nc2c(Br)cc(-c3ccccc3C(F)(F)F)nn2c1C(=O)O. The Morgan fingerprint density at radius 3 is 2.58 bits per heavy atom. The molecule has 0 fully saturated rings. The number of carboxylic acids is 1. The lowest BCUT2D eigenvalue weighted by Gasteiger charge is -2.12. The summed E-state index contributed by atoms with van der Waals surface area (Å²) in [5, 5.41) is 13.4. The predicted octanol–water partition coefficient (Wildman–Crippen LogP) is 4.18. The van der Waals surface area contributed by atoms with Gasteiger partial charge in [0.2, 0.25) is 0 Å². The second-order valence-corrected chi connectivity index (χ2v) is 5.86. The van der Waals surface area contributed by atoms with Crippen LogP contribution in [0.4, 0.5) is 13.2 Å². The number of halogens is 4. The highest BCUT2D eigenvalue weighted by atomic mass is 79.9. The van der Waals surface area contributed by atoms with Gasteiger partial charge in [-0.25, -0.2) is 14.3 Å². The summed E-state index contributed by atoms with van der Waals surface area (Å²) in [6, 6.07) is 6.36. The van der Waals surface area contributed by atoms with E-state index in [1.54, 1.807) is 0 Å². The highest BCUT2D eigenvalue weighted by Crippen LogP contribution is 2.37. The van der Waals surface area contributed by atoms with Crippen molar-refractivity contribution in [3.05, 3.63) is 51.8 Å². The van der Waals surface area contributed by atoms with Crippen LogP contribution in [0.5, 0.6) is 0 Å². The van der Waals surface area contributed by atoms with E-state index in [1.165, 1.54) is 31.2 Å². The number of hydrogen-bond acceptors (Lipinski definition) is 3. The summed E-state index contributed by atoms with van der Waals surface area (Å²) in [7, 11) is 0. The van der Waals surface area contributed by atoms with E-state index < -0.39 is 17.7 Å². The topological polar surface area (TPSA) is 67.5 Å². The van der Waals surface area contributed by atoms with Gasteiger partial charge in [-0.05, 0) is 35.0 Å². The van der Waals surface area contributed by atoms with E-state index in [0.717, 1.165) is 10.6 Å². The number of carboxylic acid groups (broad SMARTS) is 1. The van der Waals surface area contributed by atoms with Crippen molar-refractivity contribution in [2.24, 2.45) is 0 Å². The Morgan fingerprint density at radius 2 is 1.96 bits per heavy atom. The Kier molecular flexibility index (Phi) is 3.83. The molecule has 1 aromatic carbocycles. The zero-order valence-corrected chi connectivity index (χ0v) is 13.7. The van der Waals surface area contributed by atoms with Crippen LogP contribution in [-0.4, -0.2) is 25.7 Å². The van der Waals surface area contributed by atoms with Crippen LogP contribution < -0.4 is 0 Å². The van der Waals surface area contributed by atoms with Crippen LogP contribution in [0, 0.1) is 6.92 Å². The number of carbonyl (C=O) groups is 1. The molecule has 0 aliphatic rings. The number of fused-ring (bicyclic) bond motifs is 1. The zero-order chi connectivity index (χ0) is 17.6. The molecule has 9 heteroatoms. The van der Waals surface area contributed by atoms with Crippen molar-refractivity contribution in [1.82, 2.24) is 14.6 Å². The number of benzene rings is 1. The summed E-state index contributed by atoms with van der Waals surface area (Å²) < 4.78 is 41.0. The lowest BCUT2D eigenvalue weighted by Crippen LogP contribution is -2.10. The zero-order valence-electron chi connectivity index (χ0n) is 12.1. The van der Waals surface area contributed by atoms with Crippen LogP contribution in [-0.2, 0) is 6.18 Å². The molecular weight excluding hydrogens is 391 g/mol. The minimum Gasteiger partial charge on any atom is -0.476 e. The van der Waals surface area contributed by atoms with E-state index in [2.05, 4.69) is 26.0 Å². The van der Waals surface area contributed by atoms with Crippen molar-refractivity contribution < 1.29 is 23.1 Å². The molecular formula is C15H9BrF3N3O2. The summed E-state index contributed by atoms with van der Waals surface area (Å²) in [5.74, 6) is -1.26. The summed E-state index contributed by atoms with van der Waals surface area (Å²) in [6.45, 7) is 1.49.